The number of hydrogen-bond acceptors (Lipinski definition) is 5. The summed E-state index contributed by atoms with van der Waals surface area (Å²) < 4.78 is 10.8. The minimum atomic E-state index is -0.503. The number of nitrogens with zero attached hydrogens (tertiary/aromatic N) is 2. The molecule has 0 aliphatic heterocycles. The Morgan fingerprint density at radius 2 is 1.81 bits per heavy atom. The van der Waals surface area contributed by atoms with Crippen molar-refractivity contribution in [1.82, 2.24) is 20.9 Å². The molecule has 0 saturated carbocycles. The van der Waals surface area contributed by atoms with Gasteiger partial charge in [0.2, 0.25) is 0 Å². The maximum atomic E-state index is 11.7. The van der Waals surface area contributed by atoms with E-state index < -0.39 is 11.7 Å². The number of ether oxygens (including phenoxy) is 2. The third kappa shape index (κ3) is 12.3. The molecule has 0 aromatic heterocycles. The molecule has 0 atom stereocenters. The van der Waals surface area contributed by atoms with Crippen LogP contribution in [-0.2, 0) is 16.1 Å². The first-order valence-electron chi connectivity index (χ1n) is 10.5. The van der Waals surface area contributed by atoms with Gasteiger partial charge < -0.3 is 30.3 Å². The van der Waals surface area contributed by atoms with Crippen LogP contribution in [0.5, 0.6) is 5.75 Å². The van der Waals surface area contributed by atoms with E-state index in [9.17, 15) is 9.59 Å². The van der Waals surface area contributed by atoms with Gasteiger partial charge in [-0.05, 0) is 51.8 Å². The van der Waals surface area contributed by atoms with Crippen molar-refractivity contribution in [3.63, 3.8) is 0 Å². The summed E-state index contributed by atoms with van der Waals surface area (Å²) in [4.78, 5) is 29.4. The zero-order chi connectivity index (χ0) is 23.3. The fraction of sp³-hybridized carbons (Fsp3) is 0.591. The van der Waals surface area contributed by atoms with Crippen LogP contribution in [0.1, 0.15) is 39.7 Å². The highest BCUT2D eigenvalue weighted by molar-refractivity contribution is 5.79. The van der Waals surface area contributed by atoms with Crippen LogP contribution in [0.2, 0.25) is 0 Å². The van der Waals surface area contributed by atoms with Crippen LogP contribution < -0.4 is 20.7 Å². The standard InChI is InChI=1S/C22H37N5O4/c1-7-23-20(24-12-9-13-25-21(29)31-22(2,3)4)26-15-17-10-8-11-18(14-17)30-16-19(28)27(5)6/h8,10-11,14H,7,9,12-13,15-16H2,1-6H3,(H,25,29)(H2,23,24,26). The third-order valence-electron chi connectivity index (χ3n) is 3.84. The number of carbonyl (C=O) groups is 2. The highest BCUT2D eigenvalue weighted by Crippen LogP contribution is 2.14. The lowest BCUT2D eigenvalue weighted by atomic mass is 10.2. The lowest BCUT2D eigenvalue weighted by molar-refractivity contribution is -0.130. The van der Waals surface area contributed by atoms with Gasteiger partial charge in [-0.15, -0.1) is 0 Å². The summed E-state index contributed by atoms with van der Waals surface area (Å²) in [6.45, 7) is 9.85. The maximum absolute atomic E-state index is 11.7. The number of likely N-dealkylation sites (N-methyl/N-ethyl adjacent to an activating group) is 1. The van der Waals surface area contributed by atoms with Crippen LogP contribution in [0, 0.1) is 0 Å². The zero-order valence-electron chi connectivity index (χ0n) is 19.6. The highest BCUT2D eigenvalue weighted by atomic mass is 16.6. The Balaban J connectivity index is 2.47. The van der Waals surface area contributed by atoms with Crippen molar-refractivity contribution in [1.29, 1.82) is 0 Å². The Labute approximate surface area is 185 Å². The molecular weight excluding hydrogens is 398 g/mol. The van der Waals surface area contributed by atoms with Crippen LogP contribution in [0.4, 0.5) is 4.79 Å². The molecule has 31 heavy (non-hydrogen) atoms. The van der Waals surface area contributed by atoms with Crippen molar-refractivity contribution in [3.05, 3.63) is 29.8 Å². The number of carbonyl (C=O) groups excluding carboxylic acids is 2. The quantitative estimate of drug-likeness (QED) is 0.295. The Kier molecular flexibility index (Phi) is 11.2. The summed E-state index contributed by atoms with van der Waals surface area (Å²) in [7, 11) is 3.39. The average Bonchev–Trinajstić information content (AvgIpc) is 2.68. The average molecular weight is 436 g/mol. The molecule has 174 valence electrons. The summed E-state index contributed by atoms with van der Waals surface area (Å²) in [6.07, 6.45) is 0.315. The van der Waals surface area contributed by atoms with E-state index in [1.54, 1.807) is 14.1 Å². The Hall–Kier alpha value is -2.97. The van der Waals surface area contributed by atoms with Crippen molar-refractivity contribution in [2.75, 3.05) is 40.3 Å². The summed E-state index contributed by atoms with van der Waals surface area (Å²) in [5, 5.41) is 9.18. The van der Waals surface area contributed by atoms with E-state index in [0.717, 1.165) is 18.5 Å². The van der Waals surface area contributed by atoms with Gasteiger partial charge in [0.25, 0.3) is 5.91 Å². The fourth-order valence-corrected chi connectivity index (χ4v) is 2.32. The first-order chi connectivity index (χ1) is 14.6. The molecule has 1 rings (SSSR count). The molecule has 0 heterocycles. The lowest BCUT2D eigenvalue weighted by Crippen LogP contribution is -2.39. The van der Waals surface area contributed by atoms with Crippen molar-refractivity contribution in [3.8, 4) is 5.75 Å². The van der Waals surface area contributed by atoms with Crippen molar-refractivity contribution in [2.45, 2.75) is 46.3 Å². The van der Waals surface area contributed by atoms with Gasteiger partial charge in [-0.2, -0.15) is 0 Å². The molecule has 0 bridgehead atoms. The normalized spacial score (nSPS) is 11.5. The molecular formula is C22H37N5O4. The fourth-order valence-electron chi connectivity index (χ4n) is 2.32. The highest BCUT2D eigenvalue weighted by Gasteiger charge is 2.15. The third-order valence-corrected chi connectivity index (χ3v) is 3.84. The van der Waals surface area contributed by atoms with Crippen LogP contribution in [0.15, 0.2) is 29.3 Å². The number of rotatable bonds is 10. The van der Waals surface area contributed by atoms with Gasteiger partial charge in [-0.1, -0.05) is 12.1 Å². The number of amides is 2. The largest absolute Gasteiger partial charge is 0.484 e. The van der Waals surface area contributed by atoms with E-state index in [1.165, 1.54) is 4.90 Å². The number of aliphatic imine (C=N–C) groups is 1. The Bertz CT molecular complexity index is 729. The van der Waals surface area contributed by atoms with Gasteiger partial charge in [-0.3, -0.25) is 4.79 Å². The van der Waals surface area contributed by atoms with Crippen molar-refractivity contribution < 1.29 is 19.1 Å². The topological polar surface area (TPSA) is 104 Å². The molecule has 0 aliphatic rings. The van der Waals surface area contributed by atoms with Gasteiger partial charge in [0.1, 0.15) is 11.4 Å². The van der Waals surface area contributed by atoms with Crippen LogP contribution in [-0.4, -0.2) is 68.8 Å². The Morgan fingerprint density at radius 1 is 1.10 bits per heavy atom. The maximum Gasteiger partial charge on any atom is 0.407 e. The predicted octanol–water partition coefficient (Wildman–Crippen LogP) is 2.12. The second-order valence-electron chi connectivity index (χ2n) is 8.13. The van der Waals surface area contributed by atoms with E-state index in [0.29, 0.717) is 31.3 Å². The van der Waals surface area contributed by atoms with Gasteiger partial charge in [-0.25, -0.2) is 9.79 Å². The van der Waals surface area contributed by atoms with Crippen molar-refractivity contribution in [2.24, 2.45) is 4.99 Å². The number of alkyl carbamates (subject to hydrolysis) is 1. The first kappa shape index (κ1) is 26.1. The monoisotopic (exact) mass is 435 g/mol. The number of nitrogens with one attached hydrogen (secondary N) is 3. The second kappa shape index (κ2) is 13.4. The zero-order valence-corrected chi connectivity index (χ0v) is 19.6. The van der Waals surface area contributed by atoms with E-state index in [1.807, 2.05) is 52.0 Å². The molecule has 9 nitrogen and oxygen atoms in total. The smallest absolute Gasteiger partial charge is 0.407 e. The molecule has 9 heteroatoms. The van der Waals surface area contributed by atoms with Gasteiger partial charge in [0.05, 0.1) is 6.54 Å². The molecule has 0 aliphatic carbocycles. The second-order valence-corrected chi connectivity index (χ2v) is 8.13. The van der Waals surface area contributed by atoms with Crippen LogP contribution >= 0.6 is 0 Å². The predicted molar refractivity (Wildman–Crippen MR) is 122 cm³/mol. The molecule has 3 N–H and O–H groups in total. The molecule has 1 aromatic rings. The van der Waals surface area contributed by atoms with E-state index in [2.05, 4.69) is 20.9 Å². The minimum absolute atomic E-state index is 0.00124. The summed E-state index contributed by atoms with van der Waals surface area (Å²) in [6, 6.07) is 7.53. The van der Waals surface area contributed by atoms with Crippen LogP contribution in [0.25, 0.3) is 0 Å². The molecule has 2 amide bonds. The number of guanidine groups is 1. The molecule has 1 aromatic carbocycles. The minimum Gasteiger partial charge on any atom is -0.484 e. The number of benzene rings is 1. The molecule has 0 radical (unpaired) electrons. The molecule has 0 fully saturated rings. The summed E-state index contributed by atoms with van der Waals surface area (Å²) >= 11 is 0. The molecule has 0 unspecified atom stereocenters. The van der Waals surface area contributed by atoms with Gasteiger partial charge >= 0.3 is 6.09 Å². The molecule has 0 saturated heterocycles. The number of hydrogen-bond donors (Lipinski definition) is 3. The van der Waals surface area contributed by atoms with Crippen LogP contribution in [0.3, 0.4) is 0 Å². The van der Waals surface area contributed by atoms with E-state index in [4.69, 9.17) is 9.47 Å². The van der Waals surface area contributed by atoms with E-state index >= 15 is 0 Å². The summed E-state index contributed by atoms with van der Waals surface area (Å²) in [5.41, 5.74) is 0.468. The lowest BCUT2D eigenvalue weighted by Gasteiger charge is -2.19. The Morgan fingerprint density at radius 3 is 2.45 bits per heavy atom. The first-order valence-corrected chi connectivity index (χ1v) is 10.5. The van der Waals surface area contributed by atoms with Crippen molar-refractivity contribution >= 4 is 18.0 Å². The van der Waals surface area contributed by atoms with Gasteiger partial charge in [0, 0.05) is 33.7 Å². The van der Waals surface area contributed by atoms with E-state index in [-0.39, 0.29) is 12.5 Å². The SMILES string of the molecule is CCNC(=NCc1cccc(OCC(=O)N(C)C)c1)NCCCNC(=O)OC(C)(C)C. The molecule has 0 spiro atoms. The van der Waals surface area contributed by atoms with Gasteiger partial charge in [0.15, 0.2) is 12.6 Å². The summed E-state index contributed by atoms with van der Waals surface area (Å²) in [5.74, 6) is 1.23.